The molecule has 0 atom stereocenters. The predicted octanol–water partition coefficient (Wildman–Crippen LogP) is 3.76. The molecule has 0 radical (unpaired) electrons. The molecule has 1 amide bonds. The quantitative estimate of drug-likeness (QED) is 0.789. The lowest BCUT2D eigenvalue weighted by atomic mass is 10.2. The van der Waals surface area contributed by atoms with Gasteiger partial charge in [-0.05, 0) is 24.6 Å². The number of pyridine rings is 1. The summed E-state index contributed by atoms with van der Waals surface area (Å²) in [6, 6.07) is 9.73. The van der Waals surface area contributed by atoms with Gasteiger partial charge in [-0.1, -0.05) is 12.1 Å². The summed E-state index contributed by atoms with van der Waals surface area (Å²) < 4.78 is 11.4. The topological polar surface area (TPSA) is 73.3 Å². The Morgan fingerprint density at radius 2 is 2.17 bits per heavy atom. The number of amides is 1. The lowest BCUT2D eigenvalue weighted by molar-refractivity contribution is 0.187. The number of hydrogen-bond acceptors (Lipinski definition) is 6. The summed E-state index contributed by atoms with van der Waals surface area (Å²) >= 11 is 1.60. The van der Waals surface area contributed by atoms with E-state index in [9.17, 15) is 4.79 Å². The van der Waals surface area contributed by atoms with Crippen LogP contribution in [0.3, 0.4) is 0 Å². The summed E-state index contributed by atoms with van der Waals surface area (Å²) in [5.41, 5.74) is 2.40. The van der Waals surface area contributed by atoms with E-state index in [0.29, 0.717) is 18.2 Å². The number of anilines is 1. The van der Waals surface area contributed by atoms with E-state index in [1.54, 1.807) is 23.6 Å². The van der Waals surface area contributed by atoms with Crippen molar-refractivity contribution in [2.75, 3.05) is 12.4 Å². The van der Waals surface area contributed by atoms with Crippen LogP contribution in [0.2, 0.25) is 0 Å². The number of benzene rings is 1. The summed E-state index contributed by atoms with van der Waals surface area (Å²) in [6.07, 6.45) is 1.01. The monoisotopic (exact) mass is 329 g/mol. The van der Waals surface area contributed by atoms with Crippen molar-refractivity contribution in [2.45, 2.75) is 13.5 Å². The lowest BCUT2D eigenvalue weighted by Crippen LogP contribution is -2.12. The molecule has 0 aliphatic carbocycles. The highest BCUT2D eigenvalue weighted by Crippen LogP contribution is 2.23. The Kier molecular flexibility index (Phi) is 4.38. The fraction of sp³-hybridized carbons (Fsp3) is 0.188. The number of nitrogens with one attached hydrogen (secondary N) is 1. The minimum atomic E-state index is -0.530. The highest BCUT2D eigenvalue weighted by molar-refractivity contribution is 7.18. The third kappa shape index (κ3) is 3.57. The number of carbonyl (C=O) groups excluding carboxylic acids is 1. The van der Waals surface area contributed by atoms with E-state index in [-0.39, 0.29) is 0 Å². The van der Waals surface area contributed by atoms with E-state index in [1.807, 2.05) is 31.2 Å². The molecule has 0 spiro atoms. The molecule has 118 valence electrons. The number of nitrogens with zero attached hydrogens (tertiary/aromatic N) is 2. The number of hydrogen-bond donors (Lipinski definition) is 1. The number of aryl methyl sites for hydroxylation is 1. The Balaban J connectivity index is 1.68. The highest BCUT2D eigenvalue weighted by Gasteiger charge is 2.08. The first-order valence-electron chi connectivity index (χ1n) is 6.94. The van der Waals surface area contributed by atoms with Crippen molar-refractivity contribution < 1.29 is 14.3 Å². The first kappa shape index (κ1) is 15.2. The van der Waals surface area contributed by atoms with Crippen LogP contribution < -0.4 is 10.1 Å². The van der Waals surface area contributed by atoms with Crippen LogP contribution in [0.25, 0.3) is 10.2 Å². The molecule has 1 aromatic carbocycles. The van der Waals surface area contributed by atoms with Gasteiger partial charge in [0, 0.05) is 6.07 Å². The maximum atomic E-state index is 11.2. The second-order valence-corrected chi connectivity index (χ2v) is 5.93. The molecule has 2 heterocycles. The molecule has 0 saturated carbocycles. The van der Waals surface area contributed by atoms with Crippen molar-refractivity contribution in [2.24, 2.45) is 0 Å². The van der Waals surface area contributed by atoms with Gasteiger partial charge in [-0.15, -0.1) is 11.3 Å². The summed E-state index contributed by atoms with van der Waals surface area (Å²) in [5.74, 6) is 0.483. The number of carbonyl (C=O) groups is 1. The van der Waals surface area contributed by atoms with Gasteiger partial charge in [0.05, 0.1) is 29.2 Å². The van der Waals surface area contributed by atoms with Gasteiger partial charge in [-0.2, -0.15) is 0 Å². The molecule has 0 saturated heterocycles. The number of thiazole rings is 1. The fourth-order valence-electron chi connectivity index (χ4n) is 2.02. The number of ether oxygens (including phenoxy) is 2. The number of para-hydroxylation sites is 1. The Bertz CT molecular complexity index is 814. The summed E-state index contributed by atoms with van der Waals surface area (Å²) in [5, 5.41) is 3.48. The van der Waals surface area contributed by atoms with Gasteiger partial charge in [0.25, 0.3) is 0 Å². The van der Waals surface area contributed by atoms with Gasteiger partial charge in [0.2, 0.25) is 5.88 Å². The van der Waals surface area contributed by atoms with Crippen molar-refractivity contribution in [1.82, 2.24) is 9.97 Å². The summed E-state index contributed by atoms with van der Waals surface area (Å²) in [4.78, 5) is 19.9. The SMILES string of the molecule is COC(=O)Nc1cnc(OCc2nc3ccccc3s2)cc1C. The average molecular weight is 329 g/mol. The Morgan fingerprint density at radius 3 is 2.91 bits per heavy atom. The Hall–Kier alpha value is -2.67. The van der Waals surface area contributed by atoms with Crippen LogP contribution in [-0.2, 0) is 11.3 Å². The zero-order chi connectivity index (χ0) is 16.2. The van der Waals surface area contributed by atoms with Gasteiger partial charge in [-0.3, -0.25) is 5.32 Å². The van der Waals surface area contributed by atoms with E-state index >= 15 is 0 Å². The minimum Gasteiger partial charge on any atom is -0.470 e. The predicted molar refractivity (Wildman–Crippen MR) is 89.0 cm³/mol. The molecule has 0 aliphatic heterocycles. The molecule has 0 fully saturated rings. The van der Waals surface area contributed by atoms with Crippen LogP contribution in [0.4, 0.5) is 10.5 Å². The molecular formula is C16H15N3O3S. The summed E-state index contributed by atoms with van der Waals surface area (Å²) in [7, 11) is 1.31. The molecule has 0 bridgehead atoms. The molecule has 1 N–H and O–H groups in total. The van der Waals surface area contributed by atoms with Crippen molar-refractivity contribution in [1.29, 1.82) is 0 Å². The van der Waals surface area contributed by atoms with Crippen LogP contribution in [0.15, 0.2) is 36.5 Å². The number of aromatic nitrogens is 2. The Labute approximate surface area is 137 Å². The zero-order valence-corrected chi connectivity index (χ0v) is 13.5. The molecule has 3 rings (SSSR count). The molecule has 0 unspecified atom stereocenters. The van der Waals surface area contributed by atoms with Crippen LogP contribution in [0.5, 0.6) is 5.88 Å². The molecule has 3 aromatic rings. The van der Waals surface area contributed by atoms with Gasteiger partial charge in [0.1, 0.15) is 11.6 Å². The molecule has 6 nitrogen and oxygen atoms in total. The van der Waals surface area contributed by atoms with E-state index in [2.05, 4.69) is 20.0 Å². The standard InChI is InChI=1S/C16H15N3O3S/c1-10-7-14(17-8-12(10)19-16(20)21-2)22-9-15-18-11-5-3-4-6-13(11)23-15/h3-8H,9H2,1-2H3,(H,19,20). The van der Waals surface area contributed by atoms with Crippen molar-refractivity contribution in [3.05, 3.63) is 47.1 Å². The zero-order valence-electron chi connectivity index (χ0n) is 12.7. The van der Waals surface area contributed by atoms with Crippen molar-refractivity contribution in [3.63, 3.8) is 0 Å². The third-order valence-corrected chi connectivity index (χ3v) is 4.20. The maximum Gasteiger partial charge on any atom is 0.411 e. The van der Waals surface area contributed by atoms with E-state index in [1.165, 1.54) is 7.11 Å². The number of methoxy groups -OCH3 is 1. The van der Waals surface area contributed by atoms with E-state index in [4.69, 9.17) is 4.74 Å². The van der Waals surface area contributed by atoms with E-state index in [0.717, 1.165) is 20.8 Å². The summed E-state index contributed by atoms with van der Waals surface area (Å²) in [6.45, 7) is 2.22. The van der Waals surface area contributed by atoms with Crippen LogP contribution in [-0.4, -0.2) is 23.2 Å². The fourth-order valence-corrected chi connectivity index (χ4v) is 2.90. The third-order valence-electron chi connectivity index (χ3n) is 3.19. The van der Waals surface area contributed by atoms with Gasteiger partial charge in [0.15, 0.2) is 0 Å². The largest absolute Gasteiger partial charge is 0.470 e. The van der Waals surface area contributed by atoms with Crippen LogP contribution in [0, 0.1) is 6.92 Å². The average Bonchev–Trinajstić information content (AvgIpc) is 2.98. The molecular weight excluding hydrogens is 314 g/mol. The maximum absolute atomic E-state index is 11.2. The molecule has 7 heteroatoms. The van der Waals surface area contributed by atoms with Crippen LogP contribution in [0.1, 0.15) is 10.6 Å². The van der Waals surface area contributed by atoms with Crippen molar-refractivity contribution in [3.8, 4) is 5.88 Å². The van der Waals surface area contributed by atoms with Crippen LogP contribution >= 0.6 is 11.3 Å². The first-order chi connectivity index (χ1) is 11.2. The molecule has 0 aliphatic rings. The number of fused-ring (bicyclic) bond motifs is 1. The van der Waals surface area contributed by atoms with Gasteiger partial charge in [-0.25, -0.2) is 14.8 Å². The lowest BCUT2D eigenvalue weighted by Gasteiger charge is -2.09. The number of rotatable bonds is 4. The first-order valence-corrected chi connectivity index (χ1v) is 7.76. The van der Waals surface area contributed by atoms with Gasteiger partial charge < -0.3 is 9.47 Å². The smallest absolute Gasteiger partial charge is 0.411 e. The normalized spacial score (nSPS) is 10.5. The highest BCUT2D eigenvalue weighted by atomic mass is 32.1. The molecule has 23 heavy (non-hydrogen) atoms. The van der Waals surface area contributed by atoms with E-state index < -0.39 is 6.09 Å². The molecule has 2 aromatic heterocycles. The Morgan fingerprint density at radius 1 is 1.35 bits per heavy atom. The van der Waals surface area contributed by atoms with Crippen molar-refractivity contribution >= 4 is 33.3 Å². The minimum absolute atomic E-state index is 0.357. The second kappa shape index (κ2) is 6.62. The second-order valence-electron chi connectivity index (χ2n) is 4.82. The van der Waals surface area contributed by atoms with Gasteiger partial charge >= 0.3 is 6.09 Å².